The molecule has 1 aliphatic rings. The van der Waals surface area contributed by atoms with Crippen molar-refractivity contribution in [3.63, 3.8) is 0 Å². The molecule has 0 aromatic rings. The molecule has 4 nitrogen and oxygen atoms in total. The Labute approximate surface area is 118 Å². The van der Waals surface area contributed by atoms with E-state index in [1.165, 1.54) is 12.8 Å². The third-order valence-corrected chi connectivity index (χ3v) is 5.85. The topological polar surface area (TPSA) is 58.2 Å². The van der Waals surface area contributed by atoms with Crippen molar-refractivity contribution in [2.75, 3.05) is 13.1 Å². The molecule has 114 valence electrons. The first-order valence-electron chi connectivity index (χ1n) is 7.53. The monoisotopic (exact) mass is 290 g/mol. The van der Waals surface area contributed by atoms with Crippen molar-refractivity contribution < 1.29 is 8.42 Å². The Kier molecular flexibility index (Phi) is 6.77. The van der Waals surface area contributed by atoms with Crippen molar-refractivity contribution in [2.24, 2.45) is 11.8 Å². The van der Waals surface area contributed by atoms with Gasteiger partial charge in [0.25, 0.3) is 0 Å². The van der Waals surface area contributed by atoms with Crippen LogP contribution in [0.3, 0.4) is 0 Å². The summed E-state index contributed by atoms with van der Waals surface area (Å²) in [6, 6.07) is 0.317. The number of hydrogen-bond acceptors (Lipinski definition) is 3. The van der Waals surface area contributed by atoms with Crippen LogP contribution in [0, 0.1) is 11.8 Å². The van der Waals surface area contributed by atoms with E-state index in [1.807, 2.05) is 13.8 Å². The zero-order valence-corrected chi connectivity index (χ0v) is 13.6. The van der Waals surface area contributed by atoms with Gasteiger partial charge in [-0.25, -0.2) is 13.1 Å². The first-order chi connectivity index (χ1) is 8.81. The molecular weight excluding hydrogens is 260 g/mol. The Hall–Kier alpha value is -0.130. The average molecular weight is 290 g/mol. The molecule has 0 aromatic carbocycles. The van der Waals surface area contributed by atoms with Gasteiger partial charge in [-0.15, -0.1) is 0 Å². The Morgan fingerprint density at radius 3 is 2.21 bits per heavy atom. The summed E-state index contributed by atoms with van der Waals surface area (Å²) in [4.78, 5) is 0. The highest BCUT2D eigenvalue weighted by Gasteiger charge is 2.23. The van der Waals surface area contributed by atoms with Crippen molar-refractivity contribution in [2.45, 2.75) is 64.7 Å². The number of sulfonamides is 1. The van der Waals surface area contributed by atoms with Crippen molar-refractivity contribution in [3.8, 4) is 0 Å². The van der Waals surface area contributed by atoms with Gasteiger partial charge in [0.1, 0.15) is 0 Å². The summed E-state index contributed by atoms with van der Waals surface area (Å²) < 4.78 is 27.0. The lowest BCUT2D eigenvalue weighted by atomic mass is 9.83. The highest BCUT2D eigenvalue weighted by atomic mass is 32.2. The Morgan fingerprint density at radius 1 is 1.11 bits per heavy atom. The normalized spacial score (nSPS) is 26.6. The molecule has 0 bridgehead atoms. The van der Waals surface area contributed by atoms with Gasteiger partial charge in [-0.05, 0) is 31.6 Å². The zero-order valence-electron chi connectivity index (χ0n) is 12.8. The molecule has 1 fully saturated rings. The molecule has 0 aliphatic heterocycles. The quantitative estimate of drug-likeness (QED) is 0.755. The van der Waals surface area contributed by atoms with Crippen molar-refractivity contribution >= 4 is 10.0 Å². The summed E-state index contributed by atoms with van der Waals surface area (Å²) in [5.74, 6) is 1.33. The average Bonchev–Trinajstić information content (AvgIpc) is 2.35. The van der Waals surface area contributed by atoms with Gasteiger partial charge in [0.05, 0.1) is 5.25 Å². The summed E-state index contributed by atoms with van der Waals surface area (Å²) >= 11 is 0. The highest BCUT2D eigenvalue weighted by Crippen LogP contribution is 2.27. The molecule has 2 N–H and O–H groups in total. The minimum absolute atomic E-state index is 0.317. The van der Waals surface area contributed by atoms with E-state index in [-0.39, 0.29) is 5.25 Å². The highest BCUT2D eigenvalue weighted by molar-refractivity contribution is 7.90. The molecule has 19 heavy (non-hydrogen) atoms. The van der Waals surface area contributed by atoms with Crippen LogP contribution < -0.4 is 10.0 Å². The Balaban J connectivity index is 2.33. The van der Waals surface area contributed by atoms with Crippen LogP contribution in [0.1, 0.15) is 53.4 Å². The molecule has 1 atom stereocenters. The smallest absolute Gasteiger partial charge is 0.215 e. The van der Waals surface area contributed by atoms with E-state index in [0.717, 1.165) is 18.8 Å². The van der Waals surface area contributed by atoms with Gasteiger partial charge < -0.3 is 5.32 Å². The molecule has 0 radical (unpaired) electrons. The minimum atomic E-state index is -3.18. The molecule has 0 aromatic heterocycles. The predicted octanol–water partition coefficient (Wildman–Crippen LogP) is 2.12. The van der Waals surface area contributed by atoms with Crippen LogP contribution in [0.25, 0.3) is 0 Å². The second-order valence-electron chi connectivity index (χ2n) is 6.39. The Bertz CT molecular complexity index is 346. The van der Waals surface area contributed by atoms with Crippen LogP contribution in [-0.4, -0.2) is 32.8 Å². The van der Waals surface area contributed by atoms with Gasteiger partial charge in [0.2, 0.25) is 10.0 Å². The van der Waals surface area contributed by atoms with Crippen molar-refractivity contribution in [1.82, 2.24) is 10.0 Å². The second-order valence-corrected chi connectivity index (χ2v) is 8.58. The van der Waals surface area contributed by atoms with E-state index in [9.17, 15) is 8.42 Å². The maximum absolute atomic E-state index is 12.1. The molecule has 0 spiro atoms. The molecule has 1 saturated carbocycles. The molecule has 1 rings (SSSR count). The molecule has 5 heteroatoms. The standard InChI is InChI=1S/C14H30N2O2S/c1-11(2)15-9-13(4)19(17,18)16-10-14-7-5-12(3)6-8-14/h11-16H,5-10H2,1-4H3. The van der Waals surface area contributed by atoms with Crippen molar-refractivity contribution in [1.29, 1.82) is 0 Å². The molecule has 0 amide bonds. The van der Waals surface area contributed by atoms with Gasteiger partial charge >= 0.3 is 0 Å². The van der Waals surface area contributed by atoms with E-state index >= 15 is 0 Å². The van der Waals surface area contributed by atoms with E-state index < -0.39 is 10.0 Å². The predicted molar refractivity (Wildman–Crippen MR) is 80.6 cm³/mol. The maximum atomic E-state index is 12.1. The van der Waals surface area contributed by atoms with E-state index in [4.69, 9.17) is 0 Å². The summed E-state index contributed by atoms with van der Waals surface area (Å²) in [7, 11) is -3.18. The van der Waals surface area contributed by atoms with E-state index in [0.29, 0.717) is 25.0 Å². The zero-order chi connectivity index (χ0) is 14.5. The van der Waals surface area contributed by atoms with Crippen molar-refractivity contribution in [3.05, 3.63) is 0 Å². The third kappa shape index (κ3) is 6.23. The lowest BCUT2D eigenvalue weighted by Gasteiger charge is -2.26. The molecule has 0 saturated heterocycles. The van der Waals surface area contributed by atoms with Gasteiger partial charge in [0.15, 0.2) is 0 Å². The maximum Gasteiger partial charge on any atom is 0.215 e. The minimum Gasteiger partial charge on any atom is -0.313 e. The van der Waals surface area contributed by atoms with Crippen LogP contribution in [0.15, 0.2) is 0 Å². The van der Waals surface area contributed by atoms with Crippen LogP contribution in [0.2, 0.25) is 0 Å². The largest absolute Gasteiger partial charge is 0.313 e. The van der Waals surface area contributed by atoms with Crippen LogP contribution >= 0.6 is 0 Å². The fourth-order valence-electron chi connectivity index (χ4n) is 2.42. The summed E-state index contributed by atoms with van der Waals surface area (Å²) in [5.41, 5.74) is 0. The van der Waals surface area contributed by atoms with Crippen LogP contribution in [0.4, 0.5) is 0 Å². The fraction of sp³-hybridized carbons (Fsp3) is 1.00. The lowest BCUT2D eigenvalue weighted by molar-refractivity contribution is 0.290. The SMILES string of the molecule is CC1CCC(CNS(=O)(=O)C(C)CNC(C)C)CC1. The summed E-state index contributed by atoms with van der Waals surface area (Å²) in [6.07, 6.45) is 4.78. The van der Waals surface area contributed by atoms with Gasteiger partial charge in [-0.2, -0.15) is 0 Å². The first-order valence-corrected chi connectivity index (χ1v) is 9.07. The molecule has 1 aliphatic carbocycles. The third-order valence-electron chi connectivity index (χ3n) is 4.05. The van der Waals surface area contributed by atoms with Gasteiger partial charge in [-0.3, -0.25) is 0 Å². The summed E-state index contributed by atoms with van der Waals surface area (Å²) in [6.45, 7) is 9.21. The molecular formula is C14H30N2O2S. The number of rotatable bonds is 7. The second kappa shape index (κ2) is 7.60. The van der Waals surface area contributed by atoms with Gasteiger partial charge in [-0.1, -0.05) is 33.6 Å². The number of nitrogens with one attached hydrogen (secondary N) is 2. The van der Waals surface area contributed by atoms with Crippen LogP contribution in [0.5, 0.6) is 0 Å². The summed E-state index contributed by atoms with van der Waals surface area (Å²) in [5, 5.41) is 2.80. The molecule has 1 unspecified atom stereocenters. The van der Waals surface area contributed by atoms with E-state index in [1.54, 1.807) is 6.92 Å². The van der Waals surface area contributed by atoms with Crippen LogP contribution in [-0.2, 0) is 10.0 Å². The number of hydrogen-bond donors (Lipinski definition) is 2. The fourth-order valence-corrected chi connectivity index (χ4v) is 3.49. The molecule has 0 heterocycles. The lowest BCUT2D eigenvalue weighted by Crippen LogP contribution is -2.42. The van der Waals surface area contributed by atoms with Gasteiger partial charge in [0, 0.05) is 19.1 Å². The van der Waals surface area contributed by atoms with E-state index in [2.05, 4.69) is 17.0 Å². The Morgan fingerprint density at radius 2 is 1.68 bits per heavy atom. The first kappa shape index (κ1) is 16.9.